The van der Waals surface area contributed by atoms with Crippen molar-refractivity contribution in [2.24, 2.45) is 0 Å². The molecule has 7 nitrogen and oxygen atoms in total. The van der Waals surface area contributed by atoms with Crippen LogP contribution in [0.3, 0.4) is 0 Å². The largest absolute Gasteiger partial charge is 0.352 e. The van der Waals surface area contributed by atoms with Crippen LogP contribution in [-0.4, -0.2) is 56.7 Å². The van der Waals surface area contributed by atoms with Crippen LogP contribution in [-0.2, 0) is 11.3 Å². The zero-order valence-electron chi connectivity index (χ0n) is 11.7. The fourth-order valence-corrected chi connectivity index (χ4v) is 2.86. The molecule has 0 aliphatic carbocycles. The number of carbonyl (C=O) groups excluding carboxylic acids is 1. The molecule has 3 rings (SSSR count). The van der Waals surface area contributed by atoms with Crippen LogP contribution in [0, 0.1) is 0 Å². The highest BCUT2D eigenvalue weighted by Crippen LogP contribution is 2.26. The summed E-state index contributed by atoms with van der Waals surface area (Å²) >= 11 is 12.0. The van der Waals surface area contributed by atoms with Gasteiger partial charge in [0.2, 0.25) is 5.91 Å². The van der Waals surface area contributed by atoms with Crippen LogP contribution >= 0.6 is 23.2 Å². The maximum atomic E-state index is 12.2. The maximum Gasteiger partial charge on any atom is 0.244 e. The van der Waals surface area contributed by atoms with Gasteiger partial charge in [0.25, 0.3) is 0 Å². The van der Waals surface area contributed by atoms with E-state index in [0.717, 1.165) is 0 Å². The quantitative estimate of drug-likeness (QED) is 0.843. The molecule has 1 fully saturated rings. The molecule has 9 heteroatoms. The van der Waals surface area contributed by atoms with E-state index in [1.165, 1.54) is 17.3 Å². The summed E-state index contributed by atoms with van der Waals surface area (Å²) in [7, 11) is 0. The van der Waals surface area contributed by atoms with Crippen molar-refractivity contribution in [1.29, 1.82) is 0 Å². The van der Waals surface area contributed by atoms with Gasteiger partial charge >= 0.3 is 0 Å². The van der Waals surface area contributed by atoms with E-state index in [2.05, 4.69) is 20.0 Å². The van der Waals surface area contributed by atoms with E-state index >= 15 is 0 Å². The number of piperazine rings is 1. The number of hydrogen-bond acceptors (Lipinski definition) is 5. The Morgan fingerprint density at radius 2 is 2.00 bits per heavy atom. The summed E-state index contributed by atoms with van der Waals surface area (Å²) in [6.07, 6.45) is 4.52. The molecule has 2 aromatic heterocycles. The molecule has 1 aliphatic rings. The zero-order chi connectivity index (χ0) is 15.5. The van der Waals surface area contributed by atoms with E-state index in [9.17, 15) is 4.79 Å². The lowest BCUT2D eigenvalue weighted by Gasteiger charge is -2.35. The first kappa shape index (κ1) is 15.1. The highest BCUT2D eigenvalue weighted by Gasteiger charge is 2.23. The SMILES string of the molecule is O=C(Cn1cncn1)N1CCN(c2ncc(Cl)cc2Cl)CC1. The van der Waals surface area contributed by atoms with Gasteiger partial charge in [0.15, 0.2) is 0 Å². The predicted octanol–water partition coefficient (Wildman–Crippen LogP) is 1.33. The lowest BCUT2D eigenvalue weighted by Crippen LogP contribution is -2.50. The molecule has 1 saturated heterocycles. The van der Waals surface area contributed by atoms with Crippen LogP contribution in [0.5, 0.6) is 0 Å². The van der Waals surface area contributed by atoms with Crippen LogP contribution in [0.15, 0.2) is 24.9 Å². The van der Waals surface area contributed by atoms with Gasteiger partial charge in [-0.3, -0.25) is 4.79 Å². The van der Waals surface area contributed by atoms with Crippen molar-refractivity contribution in [2.75, 3.05) is 31.1 Å². The van der Waals surface area contributed by atoms with E-state index in [1.807, 2.05) is 4.90 Å². The summed E-state index contributed by atoms with van der Waals surface area (Å²) in [6, 6.07) is 1.67. The fourth-order valence-electron chi connectivity index (χ4n) is 2.36. The number of pyridine rings is 1. The third-order valence-electron chi connectivity index (χ3n) is 3.48. The van der Waals surface area contributed by atoms with E-state index < -0.39 is 0 Å². The van der Waals surface area contributed by atoms with Gasteiger partial charge in [-0.2, -0.15) is 5.10 Å². The van der Waals surface area contributed by atoms with Crippen molar-refractivity contribution in [1.82, 2.24) is 24.6 Å². The third-order valence-corrected chi connectivity index (χ3v) is 3.97. The van der Waals surface area contributed by atoms with Crippen molar-refractivity contribution in [3.8, 4) is 0 Å². The van der Waals surface area contributed by atoms with E-state index in [4.69, 9.17) is 23.2 Å². The van der Waals surface area contributed by atoms with Crippen LogP contribution in [0.25, 0.3) is 0 Å². The fraction of sp³-hybridized carbons (Fsp3) is 0.385. The first-order valence-corrected chi connectivity index (χ1v) is 7.55. The second-order valence-corrected chi connectivity index (χ2v) is 5.76. The molecule has 0 atom stereocenters. The molecule has 0 saturated carbocycles. The summed E-state index contributed by atoms with van der Waals surface area (Å²) in [4.78, 5) is 24.1. The molecule has 116 valence electrons. The van der Waals surface area contributed by atoms with Gasteiger partial charge in [0, 0.05) is 32.4 Å². The third kappa shape index (κ3) is 3.31. The lowest BCUT2D eigenvalue weighted by molar-refractivity contribution is -0.132. The van der Waals surface area contributed by atoms with Crippen LogP contribution in [0.1, 0.15) is 0 Å². The van der Waals surface area contributed by atoms with Gasteiger partial charge < -0.3 is 9.80 Å². The van der Waals surface area contributed by atoms with Gasteiger partial charge in [-0.15, -0.1) is 0 Å². The molecule has 3 heterocycles. The second kappa shape index (κ2) is 6.50. The van der Waals surface area contributed by atoms with Gasteiger partial charge in [0.1, 0.15) is 25.0 Å². The number of amides is 1. The minimum atomic E-state index is 0.0281. The topological polar surface area (TPSA) is 67.2 Å². The predicted molar refractivity (Wildman–Crippen MR) is 83.1 cm³/mol. The number of hydrogen-bond donors (Lipinski definition) is 0. The number of anilines is 1. The number of nitrogens with zero attached hydrogens (tertiary/aromatic N) is 6. The minimum absolute atomic E-state index is 0.0281. The Bertz CT molecular complexity index is 655. The van der Waals surface area contributed by atoms with Gasteiger partial charge in [-0.05, 0) is 6.07 Å². The maximum absolute atomic E-state index is 12.2. The normalized spacial score (nSPS) is 15.2. The number of aromatic nitrogens is 4. The molecule has 0 radical (unpaired) electrons. The van der Waals surface area contributed by atoms with E-state index in [0.29, 0.717) is 42.0 Å². The Balaban J connectivity index is 1.59. The van der Waals surface area contributed by atoms with Crippen molar-refractivity contribution in [2.45, 2.75) is 6.54 Å². The molecule has 0 bridgehead atoms. The van der Waals surface area contributed by atoms with Gasteiger partial charge in [-0.1, -0.05) is 23.2 Å². The molecule has 1 amide bonds. The molecule has 2 aromatic rings. The highest BCUT2D eigenvalue weighted by molar-refractivity contribution is 6.36. The molecular formula is C13H14Cl2N6O. The number of rotatable bonds is 3. The average Bonchev–Trinajstić information content (AvgIpc) is 3.00. The summed E-state index contributed by atoms with van der Waals surface area (Å²) in [5, 5.41) is 4.97. The van der Waals surface area contributed by atoms with Crippen LogP contribution in [0.2, 0.25) is 10.0 Å². The first-order chi connectivity index (χ1) is 10.6. The van der Waals surface area contributed by atoms with Gasteiger partial charge in [-0.25, -0.2) is 14.6 Å². The Hall–Kier alpha value is -1.86. The standard InChI is InChI=1S/C13H14Cl2N6O/c14-10-5-11(15)13(17-6-10)20-3-1-19(2-4-20)12(22)7-21-9-16-8-18-21/h5-6,8-9H,1-4,7H2. The smallest absolute Gasteiger partial charge is 0.244 e. The average molecular weight is 341 g/mol. The van der Waals surface area contributed by atoms with Crippen molar-refractivity contribution < 1.29 is 4.79 Å². The summed E-state index contributed by atoms with van der Waals surface area (Å²) in [5.41, 5.74) is 0. The summed E-state index contributed by atoms with van der Waals surface area (Å²) in [6.45, 7) is 2.80. The Morgan fingerprint density at radius 1 is 1.23 bits per heavy atom. The minimum Gasteiger partial charge on any atom is -0.352 e. The number of halogens is 2. The van der Waals surface area contributed by atoms with Crippen molar-refractivity contribution in [3.63, 3.8) is 0 Å². The number of carbonyl (C=O) groups is 1. The Kier molecular flexibility index (Phi) is 4.44. The van der Waals surface area contributed by atoms with E-state index in [1.54, 1.807) is 12.3 Å². The van der Waals surface area contributed by atoms with Crippen LogP contribution in [0.4, 0.5) is 5.82 Å². The van der Waals surface area contributed by atoms with E-state index in [-0.39, 0.29) is 12.5 Å². The highest BCUT2D eigenvalue weighted by atomic mass is 35.5. The summed E-state index contributed by atoms with van der Waals surface area (Å²) < 4.78 is 1.52. The molecule has 0 unspecified atom stereocenters. The molecular weight excluding hydrogens is 327 g/mol. The Morgan fingerprint density at radius 3 is 2.64 bits per heavy atom. The zero-order valence-corrected chi connectivity index (χ0v) is 13.2. The molecule has 0 N–H and O–H groups in total. The second-order valence-electron chi connectivity index (χ2n) is 4.92. The van der Waals surface area contributed by atoms with Crippen molar-refractivity contribution in [3.05, 3.63) is 35.0 Å². The lowest BCUT2D eigenvalue weighted by atomic mass is 10.3. The van der Waals surface area contributed by atoms with Crippen molar-refractivity contribution >= 4 is 34.9 Å². The van der Waals surface area contributed by atoms with Crippen LogP contribution < -0.4 is 4.90 Å². The molecule has 22 heavy (non-hydrogen) atoms. The van der Waals surface area contributed by atoms with Gasteiger partial charge in [0.05, 0.1) is 10.0 Å². The molecule has 1 aliphatic heterocycles. The molecule has 0 aromatic carbocycles. The first-order valence-electron chi connectivity index (χ1n) is 6.79. The molecule has 0 spiro atoms. The Labute approximate surface area is 137 Å². The summed E-state index contributed by atoms with van der Waals surface area (Å²) in [5.74, 6) is 0.731. The monoisotopic (exact) mass is 340 g/mol.